The Kier molecular flexibility index (Phi) is 11.6. The minimum atomic E-state index is -0.610. The number of carbonyl (C=O) groups is 2. The van der Waals surface area contributed by atoms with E-state index >= 15 is 4.39 Å². The zero-order chi connectivity index (χ0) is 37.6. The second kappa shape index (κ2) is 16.9. The van der Waals surface area contributed by atoms with Crippen molar-refractivity contribution in [3.8, 4) is 11.1 Å². The molecule has 282 valence electrons. The van der Waals surface area contributed by atoms with Crippen LogP contribution in [0.15, 0.2) is 72.9 Å². The minimum Gasteiger partial charge on any atom is -0.381 e. The molecule has 0 atom stereocenters. The molecule has 11 heteroatoms. The number of aromatic nitrogens is 3. The van der Waals surface area contributed by atoms with Crippen molar-refractivity contribution < 1.29 is 18.7 Å². The van der Waals surface area contributed by atoms with Crippen LogP contribution in [0.2, 0.25) is 0 Å². The fraction of sp³-hybridized carbons (Fsp3) is 0.395. The fourth-order valence-corrected chi connectivity index (χ4v) is 7.78. The van der Waals surface area contributed by atoms with Crippen LogP contribution in [0.4, 0.5) is 10.1 Å². The fourth-order valence-electron chi connectivity index (χ4n) is 7.78. The molecule has 5 aromatic rings. The average molecular weight is 732 g/mol. The number of nitrogens with zero attached hydrogens (tertiary/aromatic N) is 5. The number of hydrogen-bond donors (Lipinski definition) is 2. The van der Waals surface area contributed by atoms with Crippen molar-refractivity contribution in [1.82, 2.24) is 24.6 Å². The van der Waals surface area contributed by atoms with Crippen LogP contribution < -0.4 is 11.1 Å². The summed E-state index contributed by atoms with van der Waals surface area (Å²) in [5.41, 5.74) is 12.9. The number of fused-ring (bicyclic) bond motifs is 1. The number of likely N-dealkylation sites (tertiary alicyclic amines) is 1. The lowest BCUT2D eigenvalue weighted by molar-refractivity contribution is 0.0729. The molecular weight excluding hydrogens is 682 g/mol. The number of nitrogens with one attached hydrogen (secondary N) is 1. The Hall–Kier alpha value is -5.13. The first-order chi connectivity index (χ1) is 26.3. The Bertz CT molecular complexity index is 2120. The number of benzene rings is 3. The third-order valence-electron chi connectivity index (χ3n) is 10.7. The van der Waals surface area contributed by atoms with E-state index in [0.29, 0.717) is 37.3 Å². The first kappa shape index (κ1) is 37.2. The predicted octanol–water partition coefficient (Wildman–Crippen LogP) is 7.34. The molecular formula is C43H50FN7O3. The summed E-state index contributed by atoms with van der Waals surface area (Å²) in [6.45, 7) is 9.52. The lowest BCUT2D eigenvalue weighted by Gasteiger charge is -2.29. The van der Waals surface area contributed by atoms with E-state index in [1.54, 1.807) is 29.2 Å². The highest BCUT2D eigenvalue weighted by Crippen LogP contribution is 2.34. The standard InChI is InChI=1S/C43H50FN7O3/c1-3-39-37(40(47-34-16-20-54-21-17-34)36-25-46-51(4-2)42(36)48-39)28-50(43(53)33-13-9-12-32(24-33)41(45)52)27-30-14-15-38(44)35(23-30)31-11-8-10-29(22-31)26-49-18-6-5-7-19-49/h8-15,22-25,34H,3-7,16-21,26-28H2,1-2H3,(H2,45,52)(H,47,48). The third kappa shape index (κ3) is 8.32. The Labute approximate surface area is 316 Å². The number of carbonyl (C=O) groups excluding carboxylic acids is 2. The Morgan fingerprint density at radius 1 is 0.944 bits per heavy atom. The molecule has 7 rings (SSSR count). The molecule has 2 amide bonds. The van der Waals surface area contributed by atoms with E-state index in [4.69, 9.17) is 15.5 Å². The Morgan fingerprint density at radius 3 is 2.48 bits per heavy atom. The molecule has 54 heavy (non-hydrogen) atoms. The SMILES string of the molecule is CCc1nc2c(cnn2CC)c(NC2CCOCC2)c1CN(Cc1ccc(F)c(-c2cccc(CN3CCCCC3)c2)c1)C(=O)c1cccc(C(N)=O)c1. The molecule has 2 fully saturated rings. The number of rotatable bonds is 13. The maximum absolute atomic E-state index is 15.7. The highest BCUT2D eigenvalue weighted by atomic mass is 19.1. The Morgan fingerprint density at radius 2 is 1.72 bits per heavy atom. The second-order valence-corrected chi connectivity index (χ2v) is 14.5. The van der Waals surface area contributed by atoms with Crippen molar-refractivity contribution >= 4 is 28.5 Å². The molecule has 3 aromatic carbocycles. The van der Waals surface area contributed by atoms with Gasteiger partial charge < -0.3 is 20.7 Å². The van der Waals surface area contributed by atoms with Gasteiger partial charge in [-0.1, -0.05) is 43.7 Å². The molecule has 2 aliphatic rings. The molecule has 2 aliphatic heterocycles. The van der Waals surface area contributed by atoms with Gasteiger partial charge in [-0.15, -0.1) is 0 Å². The van der Waals surface area contributed by atoms with Crippen molar-refractivity contribution in [2.45, 2.75) is 84.6 Å². The summed E-state index contributed by atoms with van der Waals surface area (Å²) in [6, 6.07) is 19.9. The summed E-state index contributed by atoms with van der Waals surface area (Å²) in [6.07, 6.45) is 7.88. The van der Waals surface area contributed by atoms with E-state index in [9.17, 15) is 9.59 Å². The number of primary amides is 1. The molecule has 0 bridgehead atoms. The number of ether oxygens (including phenoxy) is 1. The van der Waals surface area contributed by atoms with Gasteiger partial charge in [0.1, 0.15) is 5.82 Å². The molecule has 0 aliphatic carbocycles. The first-order valence-electron chi connectivity index (χ1n) is 19.3. The smallest absolute Gasteiger partial charge is 0.254 e. The van der Waals surface area contributed by atoms with E-state index in [0.717, 1.165) is 77.1 Å². The topological polar surface area (TPSA) is 119 Å². The minimum absolute atomic E-state index is 0.180. The van der Waals surface area contributed by atoms with Crippen molar-refractivity contribution in [2.24, 2.45) is 5.73 Å². The van der Waals surface area contributed by atoms with Gasteiger partial charge in [-0.25, -0.2) is 14.1 Å². The zero-order valence-corrected chi connectivity index (χ0v) is 31.3. The number of amides is 2. The molecule has 0 saturated carbocycles. The van der Waals surface area contributed by atoms with Crippen molar-refractivity contribution in [1.29, 1.82) is 0 Å². The van der Waals surface area contributed by atoms with Crippen LogP contribution in [0.25, 0.3) is 22.2 Å². The van der Waals surface area contributed by atoms with Gasteiger partial charge in [0.15, 0.2) is 5.65 Å². The van der Waals surface area contributed by atoms with E-state index < -0.39 is 5.91 Å². The van der Waals surface area contributed by atoms with Gasteiger partial charge in [0, 0.05) is 66.8 Å². The summed E-state index contributed by atoms with van der Waals surface area (Å²) in [5.74, 6) is -1.21. The van der Waals surface area contributed by atoms with E-state index in [1.165, 1.54) is 31.4 Å². The molecule has 0 spiro atoms. The van der Waals surface area contributed by atoms with Crippen LogP contribution >= 0.6 is 0 Å². The zero-order valence-electron chi connectivity index (χ0n) is 31.3. The highest BCUT2D eigenvalue weighted by molar-refractivity contribution is 5.99. The van der Waals surface area contributed by atoms with Gasteiger partial charge in [0.2, 0.25) is 5.91 Å². The van der Waals surface area contributed by atoms with Gasteiger partial charge in [-0.3, -0.25) is 14.5 Å². The van der Waals surface area contributed by atoms with Crippen LogP contribution in [0, 0.1) is 5.82 Å². The number of pyridine rings is 1. The lowest BCUT2D eigenvalue weighted by Crippen LogP contribution is -2.33. The lowest BCUT2D eigenvalue weighted by atomic mass is 9.99. The van der Waals surface area contributed by atoms with Crippen LogP contribution in [0.5, 0.6) is 0 Å². The predicted molar refractivity (Wildman–Crippen MR) is 210 cm³/mol. The van der Waals surface area contributed by atoms with Gasteiger partial charge in [0.05, 0.1) is 23.8 Å². The summed E-state index contributed by atoms with van der Waals surface area (Å²) in [4.78, 5) is 36.1. The molecule has 2 saturated heterocycles. The summed E-state index contributed by atoms with van der Waals surface area (Å²) in [5, 5.41) is 9.37. The van der Waals surface area contributed by atoms with Crippen molar-refractivity contribution in [3.05, 3.63) is 112 Å². The number of aryl methyl sites for hydroxylation is 2. The molecule has 0 unspecified atom stereocenters. The molecule has 10 nitrogen and oxygen atoms in total. The van der Waals surface area contributed by atoms with Crippen LogP contribution in [-0.4, -0.2) is 68.7 Å². The summed E-state index contributed by atoms with van der Waals surface area (Å²) < 4.78 is 23.2. The monoisotopic (exact) mass is 731 g/mol. The van der Waals surface area contributed by atoms with Crippen molar-refractivity contribution in [2.75, 3.05) is 31.6 Å². The number of piperidine rings is 1. The second-order valence-electron chi connectivity index (χ2n) is 14.5. The van der Waals surface area contributed by atoms with Gasteiger partial charge in [-0.2, -0.15) is 5.10 Å². The van der Waals surface area contributed by atoms with Crippen LogP contribution in [0.1, 0.15) is 89.1 Å². The molecule has 3 N–H and O–H groups in total. The number of anilines is 1. The van der Waals surface area contributed by atoms with E-state index in [1.807, 2.05) is 36.0 Å². The van der Waals surface area contributed by atoms with Gasteiger partial charge >= 0.3 is 0 Å². The molecule has 2 aromatic heterocycles. The van der Waals surface area contributed by atoms with E-state index in [-0.39, 0.29) is 36.4 Å². The van der Waals surface area contributed by atoms with Crippen molar-refractivity contribution in [3.63, 3.8) is 0 Å². The summed E-state index contributed by atoms with van der Waals surface area (Å²) in [7, 11) is 0. The molecule has 4 heterocycles. The van der Waals surface area contributed by atoms with Crippen LogP contribution in [-0.2, 0) is 37.3 Å². The number of nitrogens with two attached hydrogens (primary N) is 1. The third-order valence-corrected chi connectivity index (χ3v) is 10.7. The number of hydrogen-bond acceptors (Lipinski definition) is 7. The first-order valence-corrected chi connectivity index (χ1v) is 19.3. The summed E-state index contributed by atoms with van der Waals surface area (Å²) >= 11 is 0. The quantitative estimate of drug-likeness (QED) is 0.130. The largest absolute Gasteiger partial charge is 0.381 e. The van der Waals surface area contributed by atoms with Gasteiger partial charge in [0.25, 0.3) is 5.91 Å². The maximum Gasteiger partial charge on any atom is 0.254 e. The van der Waals surface area contributed by atoms with E-state index in [2.05, 4.69) is 34.4 Å². The normalized spacial score (nSPS) is 15.4. The number of halogens is 1. The van der Waals surface area contributed by atoms with Crippen LogP contribution in [0.3, 0.4) is 0 Å². The molecule has 0 radical (unpaired) electrons. The van der Waals surface area contributed by atoms with Gasteiger partial charge in [-0.05, 0) is 105 Å². The maximum atomic E-state index is 15.7. The highest BCUT2D eigenvalue weighted by Gasteiger charge is 2.26. The average Bonchev–Trinajstić information content (AvgIpc) is 3.62. The Balaban J connectivity index is 1.28.